The number of benzene rings is 2. The van der Waals surface area contributed by atoms with Crippen LogP contribution in [0, 0.1) is 0 Å². The molecule has 2 aromatic carbocycles. The number of hydrogen-bond acceptors (Lipinski definition) is 3. The zero-order valence-corrected chi connectivity index (χ0v) is 11.3. The van der Waals surface area contributed by atoms with Gasteiger partial charge in [-0.3, -0.25) is 4.79 Å². The maximum absolute atomic E-state index is 12.3. The third-order valence-electron chi connectivity index (χ3n) is 3.01. The minimum Gasteiger partial charge on any atom is -0.478 e. The smallest absolute Gasteiger partial charge is 0.337 e. The van der Waals surface area contributed by atoms with Gasteiger partial charge in [-0.1, -0.05) is 36.4 Å². The van der Waals surface area contributed by atoms with E-state index in [0.29, 0.717) is 16.8 Å². The van der Waals surface area contributed by atoms with E-state index < -0.39 is 5.97 Å². The third kappa shape index (κ3) is 2.69. The van der Waals surface area contributed by atoms with E-state index in [1.807, 2.05) is 6.07 Å². The molecule has 0 saturated heterocycles. The molecule has 2 aromatic rings. The summed E-state index contributed by atoms with van der Waals surface area (Å²) in [5, 5.41) is 9.15. The van der Waals surface area contributed by atoms with Gasteiger partial charge in [0, 0.05) is 25.2 Å². The van der Waals surface area contributed by atoms with Crippen molar-refractivity contribution >= 4 is 17.4 Å². The topological polar surface area (TPSA) is 57.6 Å². The van der Waals surface area contributed by atoms with Crippen LogP contribution in [0.1, 0.15) is 26.3 Å². The number of aromatic carboxylic acids is 1. The van der Waals surface area contributed by atoms with Gasteiger partial charge in [0.05, 0.1) is 11.3 Å². The van der Waals surface area contributed by atoms with E-state index in [-0.39, 0.29) is 11.3 Å². The molecule has 0 radical (unpaired) electrons. The number of carboxylic acid groups (broad SMARTS) is 1. The van der Waals surface area contributed by atoms with Crippen LogP contribution in [0.25, 0.3) is 0 Å². The maximum atomic E-state index is 12.3. The average molecular weight is 269 g/mol. The summed E-state index contributed by atoms with van der Waals surface area (Å²) >= 11 is 0. The predicted octanol–water partition coefficient (Wildman–Crippen LogP) is 2.68. The van der Waals surface area contributed by atoms with Gasteiger partial charge >= 0.3 is 5.97 Å². The highest BCUT2D eigenvalue weighted by molar-refractivity contribution is 6.10. The van der Waals surface area contributed by atoms with Crippen molar-refractivity contribution < 1.29 is 14.7 Å². The summed E-state index contributed by atoms with van der Waals surface area (Å²) in [6.45, 7) is 0. The second kappa shape index (κ2) is 5.57. The van der Waals surface area contributed by atoms with Crippen LogP contribution in [-0.2, 0) is 0 Å². The summed E-state index contributed by atoms with van der Waals surface area (Å²) in [7, 11) is 3.50. The molecule has 0 fully saturated rings. The standard InChI is InChI=1S/C16H15NO3/c1-17(2)14-10-12(8-9-13(14)16(19)20)15(18)11-6-4-3-5-7-11/h3-10H,1-2H3,(H,19,20). The first-order valence-corrected chi connectivity index (χ1v) is 6.15. The van der Waals surface area contributed by atoms with Crippen LogP contribution < -0.4 is 4.90 Å². The fraction of sp³-hybridized carbons (Fsp3) is 0.125. The Labute approximate surface area is 117 Å². The van der Waals surface area contributed by atoms with E-state index in [9.17, 15) is 9.59 Å². The molecule has 0 aliphatic carbocycles. The number of hydrogen-bond donors (Lipinski definition) is 1. The summed E-state index contributed by atoms with van der Waals surface area (Å²) in [6, 6.07) is 13.5. The highest BCUT2D eigenvalue weighted by Crippen LogP contribution is 2.22. The lowest BCUT2D eigenvalue weighted by Gasteiger charge is -2.16. The molecule has 0 heterocycles. The molecular formula is C16H15NO3. The van der Waals surface area contributed by atoms with Crippen LogP contribution in [0.15, 0.2) is 48.5 Å². The summed E-state index contributed by atoms with van der Waals surface area (Å²) < 4.78 is 0. The van der Waals surface area contributed by atoms with Crippen molar-refractivity contribution in [3.8, 4) is 0 Å². The molecule has 0 aliphatic heterocycles. The number of nitrogens with zero attached hydrogens (tertiary/aromatic N) is 1. The third-order valence-corrected chi connectivity index (χ3v) is 3.01. The van der Waals surface area contributed by atoms with Crippen molar-refractivity contribution in [2.75, 3.05) is 19.0 Å². The van der Waals surface area contributed by atoms with Crippen molar-refractivity contribution in [1.29, 1.82) is 0 Å². The van der Waals surface area contributed by atoms with E-state index in [0.717, 1.165) is 0 Å². The summed E-state index contributed by atoms with van der Waals surface area (Å²) in [6.07, 6.45) is 0. The van der Waals surface area contributed by atoms with Crippen LogP contribution in [0.4, 0.5) is 5.69 Å². The lowest BCUT2D eigenvalue weighted by Crippen LogP contribution is -2.15. The molecule has 4 heteroatoms. The minimum atomic E-state index is -1.01. The first kappa shape index (κ1) is 13.8. The first-order valence-electron chi connectivity index (χ1n) is 6.15. The molecule has 0 aromatic heterocycles. The number of carbonyl (C=O) groups excluding carboxylic acids is 1. The molecule has 2 rings (SSSR count). The number of carboxylic acids is 1. The highest BCUT2D eigenvalue weighted by atomic mass is 16.4. The van der Waals surface area contributed by atoms with Crippen LogP contribution >= 0.6 is 0 Å². The average Bonchev–Trinajstić information content (AvgIpc) is 2.46. The van der Waals surface area contributed by atoms with Gasteiger partial charge in [0.25, 0.3) is 0 Å². The zero-order valence-electron chi connectivity index (χ0n) is 11.3. The van der Waals surface area contributed by atoms with Gasteiger partial charge in [-0.25, -0.2) is 4.79 Å². The van der Waals surface area contributed by atoms with Gasteiger partial charge in [0.2, 0.25) is 0 Å². The quantitative estimate of drug-likeness (QED) is 0.867. The van der Waals surface area contributed by atoms with Crippen LogP contribution in [0.5, 0.6) is 0 Å². The Bertz CT molecular complexity index is 648. The van der Waals surface area contributed by atoms with Gasteiger partial charge in [0.1, 0.15) is 0 Å². The van der Waals surface area contributed by atoms with Gasteiger partial charge in [-0.2, -0.15) is 0 Å². The Morgan fingerprint density at radius 1 is 0.950 bits per heavy atom. The molecule has 0 bridgehead atoms. The number of ketones is 1. The Morgan fingerprint density at radius 2 is 1.60 bits per heavy atom. The zero-order chi connectivity index (χ0) is 14.7. The largest absolute Gasteiger partial charge is 0.478 e. The molecule has 0 spiro atoms. The monoisotopic (exact) mass is 269 g/mol. The summed E-state index contributed by atoms with van der Waals surface area (Å²) in [5.41, 5.74) is 1.75. The number of carbonyl (C=O) groups is 2. The lowest BCUT2D eigenvalue weighted by atomic mass is 10.0. The van der Waals surface area contributed by atoms with Gasteiger partial charge in [-0.05, 0) is 12.1 Å². The van der Waals surface area contributed by atoms with E-state index in [1.165, 1.54) is 6.07 Å². The molecule has 0 amide bonds. The summed E-state index contributed by atoms with van der Waals surface area (Å²) in [4.78, 5) is 25.2. The Kier molecular flexibility index (Phi) is 3.84. The van der Waals surface area contributed by atoms with Crippen LogP contribution in [-0.4, -0.2) is 31.0 Å². The Balaban J connectivity index is 2.47. The fourth-order valence-corrected chi connectivity index (χ4v) is 1.98. The van der Waals surface area contributed by atoms with Gasteiger partial charge in [-0.15, -0.1) is 0 Å². The van der Waals surface area contributed by atoms with Crippen LogP contribution in [0.2, 0.25) is 0 Å². The molecule has 4 nitrogen and oxygen atoms in total. The predicted molar refractivity (Wildman–Crippen MR) is 77.6 cm³/mol. The van der Waals surface area contributed by atoms with E-state index in [4.69, 9.17) is 5.11 Å². The van der Waals surface area contributed by atoms with Crippen molar-refractivity contribution in [2.45, 2.75) is 0 Å². The number of rotatable bonds is 4. The fourth-order valence-electron chi connectivity index (χ4n) is 1.98. The van der Waals surface area contributed by atoms with Crippen molar-refractivity contribution in [3.63, 3.8) is 0 Å². The lowest BCUT2D eigenvalue weighted by molar-refractivity contribution is 0.0697. The normalized spacial score (nSPS) is 10.1. The van der Waals surface area contributed by atoms with Crippen LogP contribution in [0.3, 0.4) is 0 Å². The molecule has 0 atom stereocenters. The maximum Gasteiger partial charge on any atom is 0.337 e. The molecule has 0 unspecified atom stereocenters. The van der Waals surface area contributed by atoms with E-state index in [1.54, 1.807) is 55.4 Å². The van der Waals surface area contributed by atoms with Crippen molar-refractivity contribution in [1.82, 2.24) is 0 Å². The highest BCUT2D eigenvalue weighted by Gasteiger charge is 2.16. The van der Waals surface area contributed by atoms with Gasteiger partial charge < -0.3 is 10.0 Å². The Morgan fingerprint density at radius 3 is 2.15 bits per heavy atom. The second-order valence-corrected chi connectivity index (χ2v) is 4.63. The van der Waals surface area contributed by atoms with E-state index in [2.05, 4.69) is 0 Å². The molecule has 1 N–H and O–H groups in total. The van der Waals surface area contributed by atoms with E-state index >= 15 is 0 Å². The number of anilines is 1. The molecule has 0 aliphatic rings. The molecule has 102 valence electrons. The second-order valence-electron chi connectivity index (χ2n) is 4.63. The minimum absolute atomic E-state index is 0.120. The van der Waals surface area contributed by atoms with Crippen molar-refractivity contribution in [2.24, 2.45) is 0 Å². The molecule has 20 heavy (non-hydrogen) atoms. The Hall–Kier alpha value is -2.62. The summed E-state index contributed by atoms with van der Waals surface area (Å²) in [5.74, 6) is -1.13. The van der Waals surface area contributed by atoms with Crippen molar-refractivity contribution in [3.05, 3.63) is 65.2 Å². The van der Waals surface area contributed by atoms with Gasteiger partial charge in [0.15, 0.2) is 5.78 Å². The molecule has 0 saturated carbocycles. The molecular weight excluding hydrogens is 254 g/mol. The SMILES string of the molecule is CN(C)c1cc(C(=O)c2ccccc2)ccc1C(=O)O. The first-order chi connectivity index (χ1) is 9.50.